The zero-order chi connectivity index (χ0) is 23.5. The first-order chi connectivity index (χ1) is 16.2. The van der Waals surface area contributed by atoms with E-state index in [1.807, 2.05) is 48.5 Å². The van der Waals surface area contributed by atoms with Gasteiger partial charge in [-0.05, 0) is 30.5 Å². The van der Waals surface area contributed by atoms with Crippen LogP contribution in [0.25, 0.3) is 10.9 Å². The van der Waals surface area contributed by atoms with Crippen LogP contribution in [0.15, 0.2) is 53.3 Å². The molecule has 0 radical (unpaired) electrons. The SMILES string of the molecule is CCCCCCCCn1c(=O)c(O)c(OCCCC)c2ccc(OCc3ccccc3)cc21. The standard InChI is InChI=1S/C28H37NO4/c1-3-5-7-8-9-13-18-29-25-20-23(33-21-22-14-11-10-12-15-22)16-17-24(25)27(26(30)28(29)31)32-19-6-4-2/h10-12,14-17,20,30H,3-9,13,18-19,21H2,1-2H3. The van der Waals surface area contributed by atoms with Crippen LogP contribution >= 0.6 is 0 Å². The van der Waals surface area contributed by atoms with Crippen molar-refractivity contribution in [3.05, 3.63) is 64.4 Å². The van der Waals surface area contributed by atoms with E-state index in [9.17, 15) is 9.90 Å². The van der Waals surface area contributed by atoms with E-state index in [2.05, 4.69) is 13.8 Å². The minimum Gasteiger partial charge on any atom is -0.500 e. The Labute approximate surface area is 197 Å². The fraction of sp³-hybridized carbons (Fsp3) is 0.464. The summed E-state index contributed by atoms with van der Waals surface area (Å²) in [5, 5.41) is 11.4. The summed E-state index contributed by atoms with van der Waals surface area (Å²) in [6.07, 6.45) is 8.64. The van der Waals surface area contributed by atoms with E-state index >= 15 is 0 Å². The Morgan fingerprint density at radius 1 is 0.848 bits per heavy atom. The van der Waals surface area contributed by atoms with Crippen LogP contribution in [0.5, 0.6) is 17.2 Å². The van der Waals surface area contributed by atoms with Gasteiger partial charge in [-0.3, -0.25) is 4.79 Å². The molecule has 0 aliphatic heterocycles. The van der Waals surface area contributed by atoms with Gasteiger partial charge >= 0.3 is 0 Å². The maximum Gasteiger partial charge on any atom is 0.297 e. The molecule has 2 aromatic carbocycles. The van der Waals surface area contributed by atoms with Crippen molar-refractivity contribution in [2.45, 2.75) is 78.4 Å². The van der Waals surface area contributed by atoms with Gasteiger partial charge in [0.2, 0.25) is 5.75 Å². The van der Waals surface area contributed by atoms with Crippen molar-refractivity contribution in [2.75, 3.05) is 6.61 Å². The summed E-state index contributed by atoms with van der Waals surface area (Å²) in [6, 6.07) is 15.6. The van der Waals surface area contributed by atoms with Crippen LogP contribution < -0.4 is 15.0 Å². The van der Waals surface area contributed by atoms with E-state index in [1.165, 1.54) is 19.3 Å². The first-order valence-electron chi connectivity index (χ1n) is 12.3. The topological polar surface area (TPSA) is 60.7 Å². The Balaban J connectivity index is 1.88. The largest absolute Gasteiger partial charge is 0.500 e. The lowest BCUT2D eigenvalue weighted by Crippen LogP contribution is -2.21. The van der Waals surface area contributed by atoms with Gasteiger partial charge in [0, 0.05) is 18.0 Å². The van der Waals surface area contributed by atoms with Crippen LogP contribution in [0.2, 0.25) is 0 Å². The zero-order valence-corrected chi connectivity index (χ0v) is 20.0. The lowest BCUT2D eigenvalue weighted by Gasteiger charge is -2.17. The number of aromatic nitrogens is 1. The highest BCUT2D eigenvalue weighted by Gasteiger charge is 2.18. The number of rotatable bonds is 14. The lowest BCUT2D eigenvalue weighted by molar-refractivity contribution is 0.293. The van der Waals surface area contributed by atoms with Crippen LogP contribution in [0.3, 0.4) is 0 Å². The van der Waals surface area contributed by atoms with Gasteiger partial charge in [-0.25, -0.2) is 0 Å². The molecule has 0 amide bonds. The Morgan fingerprint density at radius 3 is 2.33 bits per heavy atom. The van der Waals surface area contributed by atoms with Crippen molar-refractivity contribution >= 4 is 10.9 Å². The number of nitrogens with zero attached hydrogens (tertiary/aromatic N) is 1. The molecule has 0 unspecified atom stereocenters. The van der Waals surface area contributed by atoms with Gasteiger partial charge in [0.05, 0.1) is 12.1 Å². The molecule has 5 nitrogen and oxygen atoms in total. The van der Waals surface area contributed by atoms with E-state index in [4.69, 9.17) is 9.47 Å². The number of aryl methyl sites for hydroxylation is 1. The van der Waals surface area contributed by atoms with E-state index in [1.54, 1.807) is 4.57 Å². The molecule has 0 saturated carbocycles. The number of pyridine rings is 1. The fourth-order valence-electron chi connectivity index (χ4n) is 3.96. The summed E-state index contributed by atoms with van der Waals surface area (Å²) in [4.78, 5) is 13.1. The molecule has 3 aromatic rings. The molecule has 0 saturated heterocycles. The maximum absolute atomic E-state index is 13.1. The highest BCUT2D eigenvalue weighted by atomic mass is 16.5. The molecule has 178 valence electrons. The highest BCUT2D eigenvalue weighted by molar-refractivity contribution is 5.88. The van der Waals surface area contributed by atoms with Crippen LogP contribution in [0.1, 0.15) is 70.8 Å². The third-order valence-corrected chi connectivity index (χ3v) is 5.90. The average molecular weight is 452 g/mol. The smallest absolute Gasteiger partial charge is 0.297 e. The quantitative estimate of drug-likeness (QED) is 0.273. The minimum absolute atomic E-state index is 0.275. The highest BCUT2D eigenvalue weighted by Crippen LogP contribution is 2.34. The molecule has 1 N–H and O–H groups in total. The molecule has 1 heterocycles. The predicted molar refractivity (Wildman–Crippen MR) is 134 cm³/mol. The van der Waals surface area contributed by atoms with Gasteiger partial charge < -0.3 is 19.1 Å². The number of fused-ring (bicyclic) bond motifs is 1. The number of hydrogen-bond acceptors (Lipinski definition) is 4. The molecule has 33 heavy (non-hydrogen) atoms. The fourth-order valence-corrected chi connectivity index (χ4v) is 3.96. The minimum atomic E-state index is -0.400. The third kappa shape index (κ3) is 6.77. The molecule has 0 fully saturated rings. The number of ether oxygens (including phenoxy) is 2. The second kappa shape index (κ2) is 12.9. The summed E-state index contributed by atoms with van der Waals surface area (Å²) in [6.45, 7) is 5.76. The van der Waals surface area contributed by atoms with E-state index in [0.29, 0.717) is 25.5 Å². The second-order valence-corrected chi connectivity index (χ2v) is 8.56. The van der Waals surface area contributed by atoms with Gasteiger partial charge in [-0.2, -0.15) is 0 Å². The third-order valence-electron chi connectivity index (χ3n) is 5.90. The van der Waals surface area contributed by atoms with Crippen LogP contribution in [-0.4, -0.2) is 16.3 Å². The Morgan fingerprint density at radius 2 is 1.58 bits per heavy atom. The van der Waals surface area contributed by atoms with E-state index in [0.717, 1.165) is 48.6 Å². The van der Waals surface area contributed by atoms with Crippen molar-refractivity contribution in [1.29, 1.82) is 0 Å². The van der Waals surface area contributed by atoms with Gasteiger partial charge in [-0.15, -0.1) is 0 Å². The molecule has 1 aromatic heterocycles. The number of aromatic hydroxyl groups is 1. The molecule has 0 aliphatic carbocycles. The van der Waals surface area contributed by atoms with Gasteiger partial charge in [0.1, 0.15) is 12.4 Å². The number of hydrogen-bond donors (Lipinski definition) is 1. The van der Waals surface area contributed by atoms with Crippen LogP contribution in [0.4, 0.5) is 0 Å². The zero-order valence-electron chi connectivity index (χ0n) is 20.0. The predicted octanol–water partition coefficient (Wildman–Crippen LogP) is 6.83. The van der Waals surface area contributed by atoms with Gasteiger partial charge in [-0.1, -0.05) is 82.7 Å². The monoisotopic (exact) mass is 451 g/mol. The van der Waals surface area contributed by atoms with E-state index < -0.39 is 5.56 Å². The summed E-state index contributed by atoms with van der Waals surface area (Å²) in [7, 11) is 0. The van der Waals surface area contributed by atoms with Crippen LogP contribution in [0, 0.1) is 0 Å². The lowest BCUT2D eigenvalue weighted by atomic mass is 10.1. The molecule has 5 heteroatoms. The van der Waals surface area contributed by atoms with Gasteiger partial charge in [0.25, 0.3) is 5.56 Å². The molecule has 0 spiro atoms. The Bertz CT molecular complexity index is 1060. The van der Waals surface area contributed by atoms with Crippen LogP contribution in [-0.2, 0) is 13.2 Å². The maximum atomic E-state index is 13.1. The first-order valence-corrected chi connectivity index (χ1v) is 12.3. The first kappa shape index (κ1) is 24.7. The molecular formula is C28H37NO4. The summed E-state index contributed by atoms with van der Waals surface area (Å²) in [5.41, 5.74) is 1.42. The molecule has 0 bridgehead atoms. The van der Waals surface area contributed by atoms with E-state index in [-0.39, 0.29) is 11.5 Å². The summed E-state index contributed by atoms with van der Waals surface area (Å²) >= 11 is 0. The normalized spacial score (nSPS) is 11.1. The summed E-state index contributed by atoms with van der Waals surface area (Å²) < 4.78 is 13.5. The van der Waals surface area contributed by atoms with Crippen molar-refractivity contribution in [2.24, 2.45) is 0 Å². The Hall–Kier alpha value is -2.95. The number of unbranched alkanes of at least 4 members (excludes halogenated alkanes) is 6. The van der Waals surface area contributed by atoms with Crippen molar-refractivity contribution in [1.82, 2.24) is 4.57 Å². The average Bonchev–Trinajstić information content (AvgIpc) is 2.84. The molecule has 0 atom stereocenters. The van der Waals surface area contributed by atoms with Crippen molar-refractivity contribution < 1.29 is 14.6 Å². The number of benzene rings is 2. The molecule has 3 rings (SSSR count). The van der Waals surface area contributed by atoms with Crippen molar-refractivity contribution in [3.63, 3.8) is 0 Å². The molecule has 0 aliphatic rings. The summed E-state index contributed by atoms with van der Waals surface area (Å²) in [5.74, 6) is 0.660. The Kier molecular flexibility index (Phi) is 9.67. The van der Waals surface area contributed by atoms with Crippen molar-refractivity contribution in [3.8, 4) is 17.2 Å². The second-order valence-electron chi connectivity index (χ2n) is 8.56. The van der Waals surface area contributed by atoms with Gasteiger partial charge in [0.15, 0.2) is 5.75 Å². The molecular weight excluding hydrogens is 414 g/mol.